The van der Waals surface area contributed by atoms with Gasteiger partial charge in [-0.05, 0) is 12.0 Å². The minimum atomic E-state index is -4.34. The first kappa shape index (κ1) is 14.6. The Morgan fingerprint density at radius 1 is 1.39 bits per heavy atom. The van der Waals surface area contributed by atoms with E-state index >= 15 is 0 Å². The highest BCUT2D eigenvalue weighted by Gasteiger charge is 2.28. The summed E-state index contributed by atoms with van der Waals surface area (Å²) in [7, 11) is 0. The second kappa shape index (κ2) is 6.47. The summed E-state index contributed by atoms with van der Waals surface area (Å²) in [6, 6.07) is 3.08. The largest absolute Gasteiger partial charge is 0.468 e. The van der Waals surface area contributed by atoms with Gasteiger partial charge in [-0.15, -0.1) is 0 Å². The lowest BCUT2D eigenvalue weighted by atomic mass is 10.1. The molecule has 0 saturated carbocycles. The fraction of sp³-hybridized carbons (Fsp3) is 0.583. The number of rotatable bonds is 6. The van der Waals surface area contributed by atoms with Crippen molar-refractivity contribution in [3.63, 3.8) is 0 Å². The minimum absolute atomic E-state index is 0.0265. The van der Waals surface area contributed by atoms with Crippen LogP contribution in [0.4, 0.5) is 18.9 Å². The number of alkyl halides is 3. The molecule has 1 N–H and O–H groups in total. The van der Waals surface area contributed by atoms with E-state index in [4.69, 9.17) is 0 Å². The van der Waals surface area contributed by atoms with E-state index in [9.17, 15) is 13.2 Å². The van der Waals surface area contributed by atoms with E-state index in [1.165, 1.54) is 12.3 Å². The van der Waals surface area contributed by atoms with Crippen LogP contribution in [0.2, 0.25) is 0 Å². The molecule has 0 aliphatic rings. The van der Waals surface area contributed by atoms with Gasteiger partial charge in [0.1, 0.15) is 0 Å². The Hall–Kier alpha value is -1.46. The van der Waals surface area contributed by atoms with Gasteiger partial charge >= 0.3 is 6.18 Å². The molecule has 0 aromatic carbocycles. The number of nitrogens with one attached hydrogen (secondary N) is 1. The number of halogens is 3. The van der Waals surface area contributed by atoms with Gasteiger partial charge in [0.05, 0.1) is 11.9 Å². The summed E-state index contributed by atoms with van der Waals surface area (Å²) < 4.78 is 40.2. The normalized spacial score (nSPS) is 13.2. The third kappa shape index (κ3) is 5.75. The molecule has 1 atom stereocenters. The highest BCUT2D eigenvalue weighted by molar-refractivity contribution is 5.41. The lowest BCUT2D eigenvalue weighted by Gasteiger charge is -2.12. The maximum absolute atomic E-state index is 11.9. The van der Waals surface area contributed by atoms with Crippen LogP contribution in [-0.4, -0.2) is 24.3 Å². The quantitative estimate of drug-likeness (QED) is 0.852. The highest BCUT2D eigenvalue weighted by Crippen LogP contribution is 2.18. The molecule has 0 saturated heterocycles. The molecular formula is C12H17F3N2O. The summed E-state index contributed by atoms with van der Waals surface area (Å²) in [6.45, 7) is 3.69. The summed E-state index contributed by atoms with van der Waals surface area (Å²) in [6.07, 6.45) is -1.81. The van der Waals surface area contributed by atoms with Gasteiger partial charge in [0.25, 0.3) is 0 Å². The van der Waals surface area contributed by atoms with Crippen molar-refractivity contribution in [2.45, 2.75) is 26.4 Å². The highest BCUT2D eigenvalue weighted by atomic mass is 19.4. The predicted octanol–water partition coefficient (Wildman–Crippen LogP) is 3.48. The lowest BCUT2D eigenvalue weighted by molar-refractivity contribution is -0.154. The summed E-state index contributed by atoms with van der Waals surface area (Å²) in [5.74, 6) is 0.507. The number of aromatic nitrogens is 1. The minimum Gasteiger partial charge on any atom is -0.468 e. The van der Waals surface area contributed by atoms with E-state index in [1.54, 1.807) is 6.07 Å². The molecule has 0 bridgehead atoms. The van der Waals surface area contributed by atoms with Crippen molar-refractivity contribution in [2.75, 3.05) is 18.5 Å². The van der Waals surface area contributed by atoms with Gasteiger partial charge in [-0.3, -0.25) is 0 Å². The molecule has 6 heteroatoms. The Bertz CT molecular complexity index is 351. The van der Waals surface area contributed by atoms with Crippen LogP contribution in [-0.2, 0) is 0 Å². The van der Waals surface area contributed by atoms with Crippen LogP contribution in [0.15, 0.2) is 18.3 Å². The first-order valence-corrected chi connectivity index (χ1v) is 5.80. The van der Waals surface area contributed by atoms with Crippen molar-refractivity contribution in [1.29, 1.82) is 0 Å². The summed E-state index contributed by atoms with van der Waals surface area (Å²) in [4.78, 5) is 3.80. The summed E-state index contributed by atoms with van der Waals surface area (Å²) in [5.41, 5.74) is 0.773. The molecule has 0 spiro atoms. The van der Waals surface area contributed by atoms with Crippen molar-refractivity contribution in [3.05, 3.63) is 18.3 Å². The van der Waals surface area contributed by atoms with Crippen LogP contribution in [0.5, 0.6) is 5.88 Å². The van der Waals surface area contributed by atoms with E-state index in [-0.39, 0.29) is 5.88 Å². The second-order valence-electron chi connectivity index (χ2n) is 4.18. The molecule has 0 aliphatic heterocycles. The average Bonchev–Trinajstić information content (AvgIpc) is 2.33. The van der Waals surface area contributed by atoms with Crippen molar-refractivity contribution >= 4 is 5.69 Å². The molecule has 3 nitrogen and oxygen atoms in total. The first-order valence-electron chi connectivity index (χ1n) is 5.80. The fourth-order valence-electron chi connectivity index (χ4n) is 1.16. The van der Waals surface area contributed by atoms with Crippen molar-refractivity contribution in [2.24, 2.45) is 5.92 Å². The van der Waals surface area contributed by atoms with Crippen LogP contribution >= 0.6 is 0 Å². The standard InChI is InChI=1S/C12H17F3N2O/c1-3-9(2)6-16-10-4-5-11(17-7-10)18-8-12(13,14)15/h4-5,7,9,16H,3,6,8H2,1-2H3. The van der Waals surface area contributed by atoms with Gasteiger partial charge < -0.3 is 10.1 Å². The van der Waals surface area contributed by atoms with Crippen LogP contribution in [0.25, 0.3) is 0 Å². The molecule has 102 valence electrons. The van der Waals surface area contributed by atoms with Crippen LogP contribution in [0.1, 0.15) is 20.3 Å². The molecule has 0 fully saturated rings. The topological polar surface area (TPSA) is 34.1 Å². The van der Waals surface area contributed by atoms with Crippen molar-refractivity contribution in [3.8, 4) is 5.88 Å². The molecule has 1 unspecified atom stereocenters. The third-order valence-electron chi connectivity index (χ3n) is 2.47. The Kier molecular flexibility index (Phi) is 5.25. The number of anilines is 1. The third-order valence-corrected chi connectivity index (χ3v) is 2.47. The zero-order valence-electron chi connectivity index (χ0n) is 10.4. The van der Waals surface area contributed by atoms with E-state index in [0.29, 0.717) is 5.92 Å². The van der Waals surface area contributed by atoms with Gasteiger partial charge in [-0.1, -0.05) is 20.3 Å². The van der Waals surface area contributed by atoms with Gasteiger partial charge in [-0.25, -0.2) is 4.98 Å². The molecule has 0 radical (unpaired) electrons. The SMILES string of the molecule is CCC(C)CNc1ccc(OCC(F)(F)F)nc1. The predicted molar refractivity (Wildman–Crippen MR) is 63.7 cm³/mol. The maximum atomic E-state index is 11.9. The number of pyridine rings is 1. The number of ether oxygens (including phenoxy) is 1. The maximum Gasteiger partial charge on any atom is 0.422 e. The van der Waals surface area contributed by atoms with Gasteiger partial charge in [0.2, 0.25) is 5.88 Å². The van der Waals surface area contributed by atoms with E-state index in [1.807, 2.05) is 0 Å². The molecule has 1 rings (SSSR count). The lowest BCUT2D eigenvalue weighted by Crippen LogP contribution is -2.19. The van der Waals surface area contributed by atoms with Crippen LogP contribution < -0.4 is 10.1 Å². The van der Waals surface area contributed by atoms with E-state index < -0.39 is 12.8 Å². The zero-order chi connectivity index (χ0) is 13.6. The van der Waals surface area contributed by atoms with Gasteiger partial charge in [0, 0.05) is 12.6 Å². The van der Waals surface area contributed by atoms with Gasteiger partial charge in [-0.2, -0.15) is 13.2 Å². The first-order chi connectivity index (χ1) is 8.40. The molecule has 1 heterocycles. The van der Waals surface area contributed by atoms with Crippen molar-refractivity contribution in [1.82, 2.24) is 4.98 Å². The second-order valence-corrected chi connectivity index (χ2v) is 4.18. The van der Waals surface area contributed by atoms with E-state index in [2.05, 4.69) is 28.9 Å². The van der Waals surface area contributed by atoms with Crippen LogP contribution in [0.3, 0.4) is 0 Å². The van der Waals surface area contributed by atoms with Gasteiger partial charge in [0.15, 0.2) is 6.61 Å². The number of hydrogen-bond donors (Lipinski definition) is 1. The molecule has 1 aromatic rings. The zero-order valence-corrected chi connectivity index (χ0v) is 10.4. The molecule has 0 amide bonds. The monoisotopic (exact) mass is 262 g/mol. The Morgan fingerprint density at radius 3 is 2.61 bits per heavy atom. The smallest absolute Gasteiger partial charge is 0.422 e. The summed E-state index contributed by atoms with van der Waals surface area (Å²) in [5, 5.41) is 3.15. The molecule has 0 aliphatic carbocycles. The molecule has 18 heavy (non-hydrogen) atoms. The van der Waals surface area contributed by atoms with E-state index in [0.717, 1.165) is 18.7 Å². The number of nitrogens with zero attached hydrogens (tertiary/aromatic N) is 1. The van der Waals surface area contributed by atoms with Crippen LogP contribution in [0, 0.1) is 5.92 Å². The number of hydrogen-bond acceptors (Lipinski definition) is 3. The molecule has 1 aromatic heterocycles. The Morgan fingerprint density at radius 2 is 2.11 bits per heavy atom. The summed E-state index contributed by atoms with van der Waals surface area (Å²) >= 11 is 0. The average molecular weight is 262 g/mol. The Balaban J connectivity index is 2.42. The fourth-order valence-corrected chi connectivity index (χ4v) is 1.16. The molecular weight excluding hydrogens is 245 g/mol. The Labute approximate surface area is 104 Å². The van der Waals surface area contributed by atoms with Crippen molar-refractivity contribution < 1.29 is 17.9 Å².